The molecule has 21 heavy (non-hydrogen) atoms. The Balaban J connectivity index is 1.93. The molecule has 1 aromatic rings. The van der Waals surface area contributed by atoms with Crippen molar-refractivity contribution in [3.05, 3.63) is 29.8 Å². The molecule has 1 aliphatic rings. The van der Waals surface area contributed by atoms with Crippen LogP contribution in [0.25, 0.3) is 0 Å². The Bertz CT molecular complexity index is 489. The van der Waals surface area contributed by atoms with Crippen LogP contribution in [0.2, 0.25) is 0 Å². The summed E-state index contributed by atoms with van der Waals surface area (Å²) in [4.78, 5) is 16.9. The Hall–Kier alpha value is -1.43. The summed E-state index contributed by atoms with van der Waals surface area (Å²) in [5, 5.41) is 2.99. The molecule has 0 aliphatic carbocycles. The van der Waals surface area contributed by atoms with E-state index < -0.39 is 0 Å². The average Bonchev–Trinajstić information content (AvgIpc) is 2.96. The van der Waals surface area contributed by atoms with Crippen molar-refractivity contribution in [3.8, 4) is 0 Å². The lowest BCUT2D eigenvalue weighted by molar-refractivity contribution is -0.120. The molecule has 5 heteroatoms. The van der Waals surface area contributed by atoms with Gasteiger partial charge in [-0.2, -0.15) is 0 Å². The number of anilines is 1. The first-order chi connectivity index (χ1) is 10.0. The number of rotatable bonds is 5. The highest BCUT2D eigenvalue weighted by Crippen LogP contribution is 2.17. The molecule has 1 saturated heterocycles. The normalized spacial score (nSPS) is 20.7. The Labute approximate surface area is 127 Å². The summed E-state index contributed by atoms with van der Waals surface area (Å²) < 4.78 is 0. The van der Waals surface area contributed by atoms with E-state index in [0.717, 1.165) is 30.8 Å². The van der Waals surface area contributed by atoms with E-state index in [4.69, 9.17) is 5.73 Å². The number of hydrogen-bond donors (Lipinski definition) is 2. The molecule has 0 radical (unpaired) electrons. The highest BCUT2D eigenvalue weighted by Gasteiger charge is 2.30. The first-order valence-corrected chi connectivity index (χ1v) is 7.51. The Kier molecular flexibility index (Phi) is 5.33. The first-order valence-electron chi connectivity index (χ1n) is 7.51. The lowest BCUT2D eigenvalue weighted by Gasteiger charge is -2.25. The molecule has 1 fully saturated rings. The van der Waals surface area contributed by atoms with E-state index in [9.17, 15) is 4.79 Å². The van der Waals surface area contributed by atoms with Crippen molar-refractivity contribution in [2.75, 3.05) is 32.5 Å². The van der Waals surface area contributed by atoms with Crippen LogP contribution in [0.5, 0.6) is 0 Å². The van der Waals surface area contributed by atoms with E-state index in [1.807, 2.05) is 31.2 Å². The molecule has 116 valence electrons. The Morgan fingerprint density at radius 3 is 2.90 bits per heavy atom. The van der Waals surface area contributed by atoms with E-state index in [0.29, 0.717) is 12.6 Å². The number of nitrogens with zero attached hydrogens (tertiary/aromatic N) is 2. The summed E-state index contributed by atoms with van der Waals surface area (Å²) in [6.45, 7) is 4.38. The first kappa shape index (κ1) is 15.9. The standard InChI is InChI=1S/C16H26N4O/c1-12(20-8-7-15(11-20)19(2)3)16(21)18-14-6-4-5-13(9-14)10-17/h4-6,9,12,15H,7-8,10-11,17H2,1-3H3,(H,18,21). The van der Waals surface area contributed by atoms with Crippen molar-refractivity contribution >= 4 is 11.6 Å². The zero-order chi connectivity index (χ0) is 15.4. The second-order valence-electron chi connectivity index (χ2n) is 5.97. The number of likely N-dealkylation sites (N-methyl/N-ethyl adjacent to an activating group) is 1. The number of carbonyl (C=O) groups is 1. The maximum Gasteiger partial charge on any atom is 0.241 e. The Morgan fingerprint density at radius 2 is 2.29 bits per heavy atom. The van der Waals surface area contributed by atoms with Crippen molar-refractivity contribution in [3.63, 3.8) is 0 Å². The van der Waals surface area contributed by atoms with Crippen molar-refractivity contribution in [1.29, 1.82) is 0 Å². The molecule has 0 aromatic heterocycles. The number of nitrogens with two attached hydrogens (primary N) is 1. The molecule has 2 atom stereocenters. The lowest BCUT2D eigenvalue weighted by atomic mass is 10.2. The van der Waals surface area contributed by atoms with Crippen LogP contribution in [0.3, 0.4) is 0 Å². The molecule has 3 N–H and O–H groups in total. The molecule has 5 nitrogen and oxygen atoms in total. The van der Waals surface area contributed by atoms with Crippen LogP contribution in [-0.2, 0) is 11.3 Å². The third-order valence-corrected chi connectivity index (χ3v) is 4.28. The fourth-order valence-electron chi connectivity index (χ4n) is 2.73. The van der Waals surface area contributed by atoms with Gasteiger partial charge in [-0.15, -0.1) is 0 Å². The van der Waals surface area contributed by atoms with Crippen LogP contribution in [-0.4, -0.2) is 55.0 Å². The molecule has 1 amide bonds. The van der Waals surface area contributed by atoms with E-state index in [1.165, 1.54) is 0 Å². The zero-order valence-corrected chi connectivity index (χ0v) is 13.2. The van der Waals surface area contributed by atoms with Gasteiger partial charge in [0.2, 0.25) is 5.91 Å². The van der Waals surface area contributed by atoms with E-state index in [-0.39, 0.29) is 11.9 Å². The van der Waals surface area contributed by atoms with Crippen LogP contribution in [0, 0.1) is 0 Å². The third kappa shape index (κ3) is 4.03. The molecule has 0 bridgehead atoms. The summed E-state index contributed by atoms with van der Waals surface area (Å²) in [6, 6.07) is 8.13. The number of amides is 1. The van der Waals surface area contributed by atoms with Gasteiger partial charge < -0.3 is 16.0 Å². The molecule has 2 rings (SSSR count). The fourth-order valence-corrected chi connectivity index (χ4v) is 2.73. The number of likely N-dealkylation sites (tertiary alicyclic amines) is 1. The van der Waals surface area contributed by atoms with E-state index in [2.05, 4.69) is 29.2 Å². The van der Waals surface area contributed by atoms with E-state index >= 15 is 0 Å². The van der Waals surface area contributed by atoms with Gasteiger partial charge in [-0.25, -0.2) is 0 Å². The molecule has 0 spiro atoms. The average molecular weight is 290 g/mol. The molecular formula is C16H26N4O. The molecule has 0 saturated carbocycles. The minimum absolute atomic E-state index is 0.0450. The number of benzene rings is 1. The molecular weight excluding hydrogens is 264 g/mol. The molecule has 1 aliphatic heterocycles. The number of carbonyl (C=O) groups excluding carboxylic acids is 1. The second-order valence-corrected chi connectivity index (χ2v) is 5.97. The second kappa shape index (κ2) is 7.02. The van der Waals surface area contributed by atoms with Crippen molar-refractivity contribution in [2.24, 2.45) is 5.73 Å². The van der Waals surface area contributed by atoms with Crippen LogP contribution in [0.4, 0.5) is 5.69 Å². The summed E-state index contributed by atoms with van der Waals surface area (Å²) in [7, 11) is 4.19. The smallest absolute Gasteiger partial charge is 0.241 e. The predicted molar refractivity (Wildman–Crippen MR) is 86.1 cm³/mol. The fraction of sp³-hybridized carbons (Fsp3) is 0.562. The minimum atomic E-state index is -0.114. The SMILES string of the molecule is CC(C(=O)Nc1cccc(CN)c1)N1CCC(N(C)C)C1. The monoisotopic (exact) mass is 290 g/mol. The maximum absolute atomic E-state index is 12.4. The van der Waals surface area contributed by atoms with Gasteiger partial charge in [0.25, 0.3) is 0 Å². The van der Waals surface area contributed by atoms with E-state index in [1.54, 1.807) is 0 Å². The predicted octanol–water partition coefficient (Wildman–Crippen LogP) is 1.11. The molecule has 2 unspecified atom stereocenters. The van der Waals surface area contributed by atoms with Crippen molar-refractivity contribution in [1.82, 2.24) is 9.80 Å². The Morgan fingerprint density at radius 1 is 1.52 bits per heavy atom. The highest BCUT2D eigenvalue weighted by molar-refractivity contribution is 5.94. The van der Waals surface area contributed by atoms with Crippen molar-refractivity contribution in [2.45, 2.75) is 32.0 Å². The van der Waals surface area contributed by atoms with Gasteiger partial charge in [-0.05, 0) is 45.1 Å². The van der Waals surface area contributed by atoms with Gasteiger partial charge in [0.1, 0.15) is 0 Å². The van der Waals surface area contributed by atoms with Gasteiger partial charge in [0.05, 0.1) is 6.04 Å². The van der Waals surface area contributed by atoms with Crippen molar-refractivity contribution < 1.29 is 4.79 Å². The van der Waals surface area contributed by atoms with Gasteiger partial charge >= 0.3 is 0 Å². The number of hydrogen-bond acceptors (Lipinski definition) is 4. The van der Waals surface area contributed by atoms with Gasteiger partial charge in [-0.3, -0.25) is 9.69 Å². The van der Waals surface area contributed by atoms with Gasteiger partial charge in [0.15, 0.2) is 0 Å². The van der Waals surface area contributed by atoms with Crippen LogP contribution >= 0.6 is 0 Å². The topological polar surface area (TPSA) is 61.6 Å². The minimum Gasteiger partial charge on any atom is -0.326 e. The summed E-state index contributed by atoms with van der Waals surface area (Å²) >= 11 is 0. The number of nitrogens with one attached hydrogen (secondary N) is 1. The summed E-state index contributed by atoms with van der Waals surface area (Å²) in [6.07, 6.45) is 1.12. The third-order valence-electron chi connectivity index (χ3n) is 4.28. The molecule has 1 aromatic carbocycles. The quantitative estimate of drug-likeness (QED) is 0.853. The van der Waals surface area contributed by atoms with Crippen LogP contribution < -0.4 is 11.1 Å². The molecule has 1 heterocycles. The van der Waals surface area contributed by atoms with Crippen LogP contribution in [0.1, 0.15) is 18.9 Å². The highest BCUT2D eigenvalue weighted by atomic mass is 16.2. The maximum atomic E-state index is 12.4. The van der Waals surface area contributed by atoms with Gasteiger partial charge in [-0.1, -0.05) is 12.1 Å². The summed E-state index contributed by atoms with van der Waals surface area (Å²) in [5.41, 5.74) is 7.47. The zero-order valence-electron chi connectivity index (χ0n) is 13.2. The largest absolute Gasteiger partial charge is 0.326 e. The summed E-state index contributed by atoms with van der Waals surface area (Å²) in [5.74, 6) is 0.0450. The van der Waals surface area contributed by atoms with Crippen LogP contribution in [0.15, 0.2) is 24.3 Å². The van der Waals surface area contributed by atoms with Gasteiger partial charge in [0, 0.05) is 31.4 Å². The lowest BCUT2D eigenvalue weighted by Crippen LogP contribution is -2.42.